The minimum Gasteiger partial charge on any atom is -0.497 e. The van der Waals surface area contributed by atoms with Crippen molar-refractivity contribution in [3.05, 3.63) is 45.3 Å². The van der Waals surface area contributed by atoms with Crippen LogP contribution in [0.2, 0.25) is 0 Å². The molecule has 0 aliphatic rings. The molecule has 0 aliphatic heterocycles. The second-order valence-corrected chi connectivity index (χ2v) is 7.86. The number of aryl methyl sites for hydroxylation is 1. The first-order chi connectivity index (χ1) is 14.1. The molecule has 1 aromatic carbocycles. The summed E-state index contributed by atoms with van der Waals surface area (Å²) in [4.78, 5) is 17.3. The quantitative estimate of drug-likeness (QED) is 0.408. The Morgan fingerprint density at radius 3 is 2.59 bits per heavy atom. The number of hydrogen-bond acceptors (Lipinski definition) is 10. The number of fused-ring (bicyclic) bond motifs is 1. The fourth-order valence-electron chi connectivity index (χ4n) is 2.56. The fourth-order valence-corrected chi connectivity index (χ4v) is 4.08. The van der Waals surface area contributed by atoms with Crippen molar-refractivity contribution in [2.75, 3.05) is 14.2 Å². The summed E-state index contributed by atoms with van der Waals surface area (Å²) < 4.78 is 17.6. The zero-order valence-corrected chi connectivity index (χ0v) is 17.5. The molecule has 0 saturated heterocycles. The number of thioether (sulfide) groups is 1. The molecule has 11 heteroatoms. The number of ether oxygens (including phenoxy) is 2. The molecule has 4 rings (SSSR count). The Morgan fingerprint density at radius 2 is 1.90 bits per heavy atom. The van der Waals surface area contributed by atoms with Crippen LogP contribution in [0.1, 0.15) is 17.6 Å². The first-order valence-electron chi connectivity index (χ1n) is 8.68. The average molecular weight is 431 g/mol. The van der Waals surface area contributed by atoms with Crippen LogP contribution in [-0.4, -0.2) is 39.0 Å². The van der Waals surface area contributed by atoms with Gasteiger partial charge < -0.3 is 13.9 Å². The normalized spacial score (nSPS) is 11.1. The van der Waals surface area contributed by atoms with E-state index in [-0.39, 0.29) is 5.56 Å². The van der Waals surface area contributed by atoms with Crippen molar-refractivity contribution in [2.24, 2.45) is 0 Å². The van der Waals surface area contributed by atoms with E-state index < -0.39 is 0 Å². The van der Waals surface area contributed by atoms with E-state index in [0.717, 1.165) is 11.4 Å². The molecule has 3 aromatic heterocycles. The van der Waals surface area contributed by atoms with E-state index in [1.165, 1.54) is 33.7 Å². The Balaban J connectivity index is 1.53. The lowest BCUT2D eigenvalue weighted by Crippen LogP contribution is -2.15. The lowest BCUT2D eigenvalue weighted by atomic mass is 10.2. The maximum Gasteiger partial charge on any atom is 0.277 e. The van der Waals surface area contributed by atoms with Crippen LogP contribution in [0.25, 0.3) is 16.4 Å². The molecule has 150 valence electrons. The minimum absolute atomic E-state index is 0.198. The van der Waals surface area contributed by atoms with Crippen molar-refractivity contribution < 1.29 is 13.9 Å². The van der Waals surface area contributed by atoms with Crippen LogP contribution in [0.3, 0.4) is 0 Å². The molecule has 4 aromatic rings. The highest BCUT2D eigenvalue weighted by molar-refractivity contribution is 7.98. The van der Waals surface area contributed by atoms with Crippen LogP contribution in [0, 0.1) is 0 Å². The zero-order chi connectivity index (χ0) is 20.4. The predicted molar refractivity (Wildman–Crippen MR) is 109 cm³/mol. The first-order valence-corrected chi connectivity index (χ1v) is 10.5. The van der Waals surface area contributed by atoms with Crippen molar-refractivity contribution in [1.82, 2.24) is 24.8 Å². The van der Waals surface area contributed by atoms with E-state index in [1.807, 2.05) is 6.92 Å². The Bertz CT molecular complexity index is 1190. The monoisotopic (exact) mass is 431 g/mol. The number of hydrogen-bond donors (Lipinski definition) is 0. The minimum atomic E-state index is -0.198. The number of methoxy groups -OCH3 is 2. The van der Waals surface area contributed by atoms with Gasteiger partial charge in [0.25, 0.3) is 10.8 Å². The molecule has 0 radical (unpaired) electrons. The van der Waals surface area contributed by atoms with Crippen molar-refractivity contribution in [2.45, 2.75) is 24.3 Å². The summed E-state index contributed by atoms with van der Waals surface area (Å²) in [6.07, 6.45) is 0.761. The third-order valence-corrected chi connectivity index (χ3v) is 5.90. The Labute approximate surface area is 173 Å². The van der Waals surface area contributed by atoms with Gasteiger partial charge in [-0.1, -0.05) is 30.0 Å². The van der Waals surface area contributed by atoms with Crippen LogP contribution in [0.4, 0.5) is 0 Å². The number of nitrogens with zero attached hydrogens (tertiary/aromatic N) is 5. The van der Waals surface area contributed by atoms with Gasteiger partial charge in [-0.05, 0) is 18.6 Å². The maximum atomic E-state index is 12.2. The Morgan fingerprint density at radius 1 is 1.14 bits per heavy atom. The predicted octanol–water partition coefficient (Wildman–Crippen LogP) is 3.07. The molecule has 0 unspecified atom stereocenters. The molecule has 0 aliphatic carbocycles. The SMILES string of the molecule is CCc1nn2c(=O)cc(CSc3nnc(-c4cc(OC)cc(OC)c4)o3)nc2s1. The average Bonchev–Trinajstić information content (AvgIpc) is 3.39. The second-order valence-electron chi connectivity index (χ2n) is 5.89. The van der Waals surface area contributed by atoms with E-state index in [0.29, 0.717) is 44.6 Å². The summed E-state index contributed by atoms with van der Waals surface area (Å²) in [5.41, 5.74) is 1.13. The van der Waals surface area contributed by atoms with E-state index >= 15 is 0 Å². The lowest BCUT2D eigenvalue weighted by molar-refractivity contribution is 0.394. The molecule has 0 amide bonds. The number of benzene rings is 1. The van der Waals surface area contributed by atoms with Gasteiger partial charge in [0, 0.05) is 23.4 Å². The molecule has 0 fully saturated rings. The van der Waals surface area contributed by atoms with Gasteiger partial charge in [0.15, 0.2) is 0 Å². The van der Waals surface area contributed by atoms with Crippen molar-refractivity contribution in [3.8, 4) is 23.0 Å². The summed E-state index contributed by atoms with van der Waals surface area (Å²) in [6.45, 7) is 1.99. The Kier molecular flexibility index (Phi) is 5.49. The molecule has 3 heterocycles. The highest BCUT2D eigenvalue weighted by Gasteiger charge is 2.14. The highest BCUT2D eigenvalue weighted by atomic mass is 32.2. The number of rotatable bonds is 7. The second kappa shape index (κ2) is 8.21. The molecular weight excluding hydrogens is 414 g/mol. The van der Waals surface area contributed by atoms with Crippen LogP contribution in [0.15, 0.2) is 38.7 Å². The molecule has 0 atom stereocenters. The van der Waals surface area contributed by atoms with Crippen LogP contribution < -0.4 is 15.0 Å². The summed E-state index contributed by atoms with van der Waals surface area (Å²) in [5, 5.41) is 13.6. The van der Waals surface area contributed by atoms with E-state index in [1.54, 1.807) is 32.4 Å². The molecule has 9 nitrogen and oxygen atoms in total. The molecule has 0 spiro atoms. The highest BCUT2D eigenvalue weighted by Crippen LogP contribution is 2.31. The van der Waals surface area contributed by atoms with Gasteiger partial charge in [0.05, 0.1) is 19.9 Å². The molecular formula is C18H17N5O4S2. The third-order valence-electron chi connectivity index (χ3n) is 3.99. The smallest absolute Gasteiger partial charge is 0.277 e. The van der Waals surface area contributed by atoms with Gasteiger partial charge in [0.1, 0.15) is 16.5 Å². The van der Waals surface area contributed by atoms with E-state index in [2.05, 4.69) is 20.3 Å². The molecule has 0 saturated carbocycles. The molecule has 0 N–H and O–H groups in total. The summed E-state index contributed by atoms with van der Waals surface area (Å²) >= 11 is 2.72. The fraction of sp³-hybridized carbons (Fsp3) is 0.278. The number of aromatic nitrogens is 5. The largest absolute Gasteiger partial charge is 0.497 e. The van der Waals surface area contributed by atoms with Gasteiger partial charge in [-0.2, -0.15) is 9.61 Å². The maximum absolute atomic E-state index is 12.2. The van der Waals surface area contributed by atoms with Crippen molar-refractivity contribution >= 4 is 28.1 Å². The standard InChI is InChI=1S/C18H17N5O4S2/c1-4-14-22-23-15(24)7-11(19-17(23)29-14)9-28-18-21-20-16(27-18)10-5-12(25-2)8-13(6-10)26-3/h5-8H,4,9H2,1-3H3. The van der Waals surface area contributed by atoms with Crippen LogP contribution >= 0.6 is 23.1 Å². The van der Waals surface area contributed by atoms with Gasteiger partial charge in [-0.25, -0.2) is 4.98 Å². The van der Waals surface area contributed by atoms with E-state index in [9.17, 15) is 4.79 Å². The summed E-state index contributed by atoms with van der Waals surface area (Å²) in [5.74, 6) is 2.03. The third kappa shape index (κ3) is 4.10. The van der Waals surface area contributed by atoms with Gasteiger partial charge in [-0.15, -0.1) is 10.2 Å². The van der Waals surface area contributed by atoms with E-state index in [4.69, 9.17) is 13.9 Å². The first kappa shape index (κ1) is 19.4. The van der Waals surface area contributed by atoms with Gasteiger partial charge >= 0.3 is 0 Å². The van der Waals surface area contributed by atoms with Crippen molar-refractivity contribution in [1.29, 1.82) is 0 Å². The van der Waals surface area contributed by atoms with Crippen LogP contribution in [0.5, 0.6) is 11.5 Å². The zero-order valence-electron chi connectivity index (χ0n) is 15.9. The summed E-state index contributed by atoms with van der Waals surface area (Å²) in [6, 6.07) is 6.81. The topological polar surface area (TPSA) is 105 Å². The van der Waals surface area contributed by atoms with Gasteiger partial charge in [-0.3, -0.25) is 4.79 Å². The molecule has 29 heavy (non-hydrogen) atoms. The lowest BCUT2D eigenvalue weighted by Gasteiger charge is -2.05. The van der Waals surface area contributed by atoms with Crippen molar-refractivity contribution in [3.63, 3.8) is 0 Å². The Hall–Kier alpha value is -2.92. The van der Waals surface area contributed by atoms with Crippen LogP contribution in [-0.2, 0) is 12.2 Å². The molecule has 0 bridgehead atoms. The summed E-state index contributed by atoms with van der Waals surface area (Å²) in [7, 11) is 3.15. The van der Waals surface area contributed by atoms with Gasteiger partial charge in [0.2, 0.25) is 10.9 Å².